The van der Waals surface area contributed by atoms with E-state index in [0.717, 1.165) is 57.8 Å². The maximum absolute atomic E-state index is 12.2. The van der Waals surface area contributed by atoms with Crippen molar-refractivity contribution in [2.45, 2.75) is 32.6 Å². The lowest BCUT2D eigenvalue weighted by Crippen LogP contribution is -2.46. The first kappa shape index (κ1) is 15.3. The molecule has 2 aliphatic heterocycles. The number of nitrogens with zero attached hydrogens (tertiary/aromatic N) is 2. The van der Waals surface area contributed by atoms with Crippen LogP contribution in [0.1, 0.15) is 32.6 Å². The van der Waals surface area contributed by atoms with E-state index in [1.165, 1.54) is 7.11 Å². The number of rotatable bonds is 3. The fraction of sp³-hybridized carbons (Fsp3) is 0.867. The number of piperidine rings is 2. The summed E-state index contributed by atoms with van der Waals surface area (Å²) < 4.78 is 4.78. The summed E-state index contributed by atoms with van der Waals surface area (Å²) in [6.07, 6.45) is 3.85. The number of amides is 1. The highest BCUT2D eigenvalue weighted by Crippen LogP contribution is 2.19. The van der Waals surface area contributed by atoms with Crippen molar-refractivity contribution in [3.63, 3.8) is 0 Å². The summed E-state index contributed by atoms with van der Waals surface area (Å²) in [6.45, 7) is 6.18. The molecule has 0 atom stereocenters. The van der Waals surface area contributed by atoms with Gasteiger partial charge in [0.1, 0.15) is 0 Å². The maximum Gasteiger partial charge on any atom is 0.308 e. The molecule has 0 saturated carbocycles. The molecule has 2 heterocycles. The van der Waals surface area contributed by atoms with E-state index in [-0.39, 0.29) is 17.8 Å². The van der Waals surface area contributed by atoms with Gasteiger partial charge in [0.05, 0.1) is 19.6 Å². The van der Waals surface area contributed by atoms with Gasteiger partial charge >= 0.3 is 5.97 Å². The molecule has 0 unspecified atom stereocenters. The fourth-order valence-corrected chi connectivity index (χ4v) is 3.04. The Bertz CT molecular complexity index is 343. The predicted molar refractivity (Wildman–Crippen MR) is 76.2 cm³/mol. The highest BCUT2D eigenvalue weighted by atomic mass is 16.5. The van der Waals surface area contributed by atoms with Crippen LogP contribution in [0.2, 0.25) is 0 Å². The molecule has 114 valence electrons. The smallest absolute Gasteiger partial charge is 0.308 e. The second-order valence-corrected chi connectivity index (χ2v) is 6.14. The number of hydrogen-bond donors (Lipinski definition) is 0. The minimum absolute atomic E-state index is 0.0159. The molecule has 0 aliphatic carbocycles. The molecule has 2 fully saturated rings. The molecular weight excluding hydrogens is 256 g/mol. The van der Waals surface area contributed by atoms with Crippen LogP contribution in [0.4, 0.5) is 0 Å². The number of likely N-dealkylation sites (tertiary alicyclic amines) is 2. The minimum Gasteiger partial charge on any atom is -0.469 e. The van der Waals surface area contributed by atoms with Gasteiger partial charge in [0.15, 0.2) is 0 Å². The Hall–Kier alpha value is -1.10. The second-order valence-electron chi connectivity index (χ2n) is 6.14. The maximum atomic E-state index is 12.2. The van der Waals surface area contributed by atoms with E-state index in [0.29, 0.717) is 6.54 Å². The summed E-state index contributed by atoms with van der Waals surface area (Å²) in [5.74, 6) is 0.895. The van der Waals surface area contributed by atoms with Gasteiger partial charge in [0.25, 0.3) is 0 Å². The van der Waals surface area contributed by atoms with Crippen LogP contribution in [0.3, 0.4) is 0 Å². The van der Waals surface area contributed by atoms with E-state index in [9.17, 15) is 9.59 Å². The van der Waals surface area contributed by atoms with Crippen molar-refractivity contribution in [1.82, 2.24) is 9.80 Å². The third-order valence-corrected chi connectivity index (χ3v) is 4.62. The molecular formula is C15H26N2O3. The zero-order chi connectivity index (χ0) is 14.5. The van der Waals surface area contributed by atoms with Gasteiger partial charge in [0, 0.05) is 13.1 Å². The van der Waals surface area contributed by atoms with Gasteiger partial charge in [-0.05, 0) is 44.7 Å². The van der Waals surface area contributed by atoms with Crippen molar-refractivity contribution in [3.05, 3.63) is 0 Å². The summed E-state index contributed by atoms with van der Waals surface area (Å²) in [5.41, 5.74) is 0. The Morgan fingerprint density at radius 1 is 1.05 bits per heavy atom. The van der Waals surface area contributed by atoms with Crippen LogP contribution in [-0.2, 0) is 14.3 Å². The Balaban J connectivity index is 1.72. The predicted octanol–water partition coefficient (Wildman–Crippen LogP) is 1.13. The van der Waals surface area contributed by atoms with Gasteiger partial charge in [-0.15, -0.1) is 0 Å². The monoisotopic (exact) mass is 282 g/mol. The van der Waals surface area contributed by atoms with E-state index in [1.54, 1.807) is 0 Å². The van der Waals surface area contributed by atoms with Crippen molar-refractivity contribution in [2.24, 2.45) is 11.8 Å². The molecule has 20 heavy (non-hydrogen) atoms. The van der Waals surface area contributed by atoms with Crippen LogP contribution in [0.5, 0.6) is 0 Å². The number of esters is 1. The number of carbonyl (C=O) groups is 2. The van der Waals surface area contributed by atoms with Crippen LogP contribution in [0.15, 0.2) is 0 Å². The van der Waals surface area contributed by atoms with Crippen molar-refractivity contribution in [1.29, 1.82) is 0 Å². The average Bonchev–Trinajstić information content (AvgIpc) is 2.48. The van der Waals surface area contributed by atoms with Gasteiger partial charge in [-0.1, -0.05) is 6.92 Å². The van der Waals surface area contributed by atoms with Gasteiger partial charge in [-0.25, -0.2) is 0 Å². The van der Waals surface area contributed by atoms with Crippen molar-refractivity contribution < 1.29 is 14.3 Å². The summed E-state index contributed by atoms with van der Waals surface area (Å²) >= 11 is 0. The normalized spacial score (nSPS) is 22.8. The van der Waals surface area contributed by atoms with Gasteiger partial charge in [0.2, 0.25) is 5.91 Å². The molecule has 0 N–H and O–H groups in total. The van der Waals surface area contributed by atoms with Crippen LogP contribution >= 0.6 is 0 Å². The first-order chi connectivity index (χ1) is 9.60. The summed E-state index contributed by atoms with van der Waals surface area (Å²) in [7, 11) is 1.44. The molecule has 0 aromatic rings. The molecule has 0 radical (unpaired) electrons. The topological polar surface area (TPSA) is 49.9 Å². The van der Waals surface area contributed by atoms with E-state index >= 15 is 0 Å². The van der Waals surface area contributed by atoms with Gasteiger partial charge in [-0.3, -0.25) is 14.5 Å². The number of methoxy groups -OCH3 is 1. The first-order valence-electron chi connectivity index (χ1n) is 7.68. The molecule has 1 amide bonds. The third-order valence-electron chi connectivity index (χ3n) is 4.62. The molecule has 5 nitrogen and oxygen atoms in total. The summed E-state index contributed by atoms with van der Waals surface area (Å²) in [5, 5.41) is 0. The van der Waals surface area contributed by atoms with Gasteiger partial charge < -0.3 is 9.64 Å². The summed E-state index contributed by atoms with van der Waals surface area (Å²) in [4.78, 5) is 27.9. The highest BCUT2D eigenvalue weighted by Gasteiger charge is 2.28. The number of ether oxygens (including phenoxy) is 1. The molecule has 2 saturated heterocycles. The molecule has 5 heteroatoms. The second kappa shape index (κ2) is 7.07. The van der Waals surface area contributed by atoms with E-state index in [4.69, 9.17) is 4.74 Å². The Morgan fingerprint density at radius 2 is 1.65 bits per heavy atom. The molecule has 0 aromatic heterocycles. The van der Waals surface area contributed by atoms with Crippen molar-refractivity contribution >= 4 is 11.9 Å². The molecule has 0 aromatic carbocycles. The Labute approximate surface area is 121 Å². The molecule has 2 aliphatic rings. The zero-order valence-electron chi connectivity index (χ0n) is 12.6. The lowest BCUT2D eigenvalue weighted by Gasteiger charge is -2.34. The van der Waals surface area contributed by atoms with Crippen LogP contribution in [0, 0.1) is 11.8 Å². The average molecular weight is 282 g/mol. The first-order valence-corrected chi connectivity index (χ1v) is 7.68. The highest BCUT2D eigenvalue weighted by molar-refractivity contribution is 5.78. The largest absolute Gasteiger partial charge is 0.469 e. The minimum atomic E-state index is -0.110. The lowest BCUT2D eigenvalue weighted by molar-refractivity contribution is -0.147. The Kier molecular flexibility index (Phi) is 5.40. The van der Waals surface area contributed by atoms with Crippen molar-refractivity contribution in [3.8, 4) is 0 Å². The molecule has 0 spiro atoms. The molecule has 2 rings (SSSR count). The van der Waals surface area contributed by atoms with E-state index in [1.807, 2.05) is 4.90 Å². The Morgan fingerprint density at radius 3 is 2.20 bits per heavy atom. The standard InChI is InChI=1S/C15H26N2O3/c1-12-3-9-17(10-4-12)14(18)11-16-7-5-13(6-8-16)15(19)20-2/h12-13H,3-11H2,1-2H3. The zero-order valence-corrected chi connectivity index (χ0v) is 12.6. The van der Waals surface area contributed by atoms with Gasteiger partial charge in [-0.2, -0.15) is 0 Å². The van der Waals surface area contributed by atoms with Crippen LogP contribution < -0.4 is 0 Å². The third kappa shape index (κ3) is 3.95. The quantitative estimate of drug-likeness (QED) is 0.728. The number of hydrogen-bond acceptors (Lipinski definition) is 4. The summed E-state index contributed by atoms with van der Waals surface area (Å²) in [6, 6.07) is 0. The van der Waals surface area contributed by atoms with Crippen molar-refractivity contribution in [2.75, 3.05) is 39.8 Å². The molecule has 0 bridgehead atoms. The lowest BCUT2D eigenvalue weighted by atomic mass is 9.97. The SMILES string of the molecule is COC(=O)C1CCN(CC(=O)N2CCC(C)CC2)CC1. The van der Waals surface area contributed by atoms with E-state index in [2.05, 4.69) is 11.8 Å². The van der Waals surface area contributed by atoms with Crippen LogP contribution in [0.25, 0.3) is 0 Å². The van der Waals surface area contributed by atoms with E-state index < -0.39 is 0 Å². The fourth-order valence-electron chi connectivity index (χ4n) is 3.04. The number of carbonyl (C=O) groups excluding carboxylic acids is 2. The van der Waals surface area contributed by atoms with Crippen LogP contribution in [-0.4, -0.2) is 61.5 Å².